The third kappa shape index (κ3) is 3.03. The molecule has 25 heavy (non-hydrogen) atoms. The second kappa shape index (κ2) is 6.20. The lowest BCUT2D eigenvalue weighted by Gasteiger charge is -2.22. The third-order valence-electron chi connectivity index (χ3n) is 4.15. The maximum Gasteiger partial charge on any atom is 0.336 e. The zero-order valence-corrected chi connectivity index (χ0v) is 15.0. The second-order valence-corrected chi connectivity index (χ2v) is 6.53. The van der Waals surface area contributed by atoms with E-state index in [1.807, 2.05) is 26.8 Å². The molecule has 0 saturated carbocycles. The molecule has 1 fully saturated rings. The van der Waals surface area contributed by atoms with Gasteiger partial charge < -0.3 is 23.4 Å². The van der Waals surface area contributed by atoms with Gasteiger partial charge in [0, 0.05) is 17.0 Å². The summed E-state index contributed by atoms with van der Waals surface area (Å²) in [6, 6.07) is 4.92. The number of ether oxygens (including phenoxy) is 4. The van der Waals surface area contributed by atoms with E-state index in [2.05, 4.69) is 6.58 Å². The van der Waals surface area contributed by atoms with Gasteiger partial charge in [0.15, 0.2) is 17.1 Å². The summed E-state index contributed by atoms with van der Waals surface area (Å²) in [4.78, 5) is 11.6. The standard InChI is InChI=1S/C19H22O6/c1-10(2)14-17(25-19(3,4)24-14)12-9-11-7-8-13(20)23-15(11)18(22-6)16(12)21-5/h7-9,14,17H,1H2,2-6H3/t14-,17-/m1/s1. The van der Waals surface area contributed by atoms with Gasteiger partial charge in [-0.05, 0) is 38.5 Å². The summed E-state index contributed by atoms with van der Waals surface area (Å²) >= 11 is 0. The maximum absolute atomic E-state index is 11.6. The Labute approximate surface area is 145 Å². The quantitative estimate of drug-likeness (QED) is 0.623. The Hall–Kier alpha value is -2.31. The smallest absolute Gasteiger partial charge is 0.336 e. The van der Waals surface area contributed by atoms with Gasteiger partial charge in [-0.15, -0.1) is 0 Å². The maximum atomic E-state index is 11.6. The van der Waals surface area contributed by atoms with E-state index in [0.717, 1.165) is 11.1 Å². The number of benzene rings is 1. The zero-order chi connectivity index (χ0) is 18.4. The summed E-state index contributed by atoms with van der Waals surface area (Å²) in [5.41, 5.74) is 1.47. The summed E-state index contributed by atoms with van der Waals surface area (Å²) in [7, 11) is 3.03. The molecule has 0 spiro atoms. The van der Waals surface area contributed by atoms with Crippen LogP contribution in [0.15, 0.2) is 39.6 Å². The Morgan fingerprint density at radius 1 is 1.16 bits per heavy atom. The Morgan fingerprint density at radius 3 is 2.44 bits per heavy atom. The van der Waals surface area contributed by atoms with Gasteiger partial charge in [-0.3, -0.25) is 0 Å². The van der Waals surface area contributed by atoms with Crippen LogP contribution in [0, 0.1) is 0 Å². The van der Waals surface area contributed by atoms with E-state index in [1.54, 1.807) is 6.07 Å². The van der Waals surface area contributed by atoms with Crippen molar-refractivity contribution >= 4 is 11.0 Å². The molecule has 1 aliphatic rings. The molecule has 0 radical (unpaired) electrons. The fourth-order valence-electron chi connectivity index (χ4n) is 3.14. The number of rotatable bonds is 4. The molecule has 6 heteroatoms. The van der Waals surface area contributed by atoms with Crippen molar-refractivity contribution in [2.24, 2.45) is 0 Å². The average molecular weight is 346 g/mol. The van der Waals surface area contributed by atoms with Crippen molar-refractivity contribution in [3.8, 4) is 11.5 Å². The lowest BCUT2D eigenvalue weighted by molar-refractivity contribution is -0.144. The predicted octanol–water partition coefficient (Wildman–Crippen LogP) is 3.58. The molecule has 0 unspecified atom stereocenters. The highest BCUT2D eigenvalue weighted by molar-refractivity contribution is 5.87. The van der Waals surface area contributed by atoms with Gasteiger partial charge in [0.2, 0.25) is 5.75 Å². The first-order valence-corrected chi connectivity index (χ1v) is 7.97. The van der Waals surface area contributed by atoms with Gasteiger partial charge in [0.05, 0.1) is 14.2 Å². The lowest BCUT2D eigenvalue weighted by Crippen LogP contribution is -2.21. The number of methoxy groups -OCH3 is 2. The molecule has 0 aliphatic carbocycles. The second-order valence-electron chi connectivity index (χ2n) is 6.53. The number of hydrogen-bond donors (Lipinski definition) is 0. The van der Waals surface area contributed by atoms with Crippen LogP contribution < -0.4 is 15.1 Å². The van der Waals surface area contributed by atoms with Crippen LogP contribution >= 0.6 is 0 Å². The number of hydrogen-bond acceptors (Lipinski definition) is 6. The molecule has 0 amide bonds. The first kappa shape index (κ1) is 17.5. The summed E-state index contributed by atoms with van der Waals surface area (Å²) < 4.78 is 28.5. The van der Waals surface area contributed by atoms with Crippen molar-refractivity contribution in [2.75, 3.05) is 14.2 Å². The van der Waals surface area contributed by atoms with E-state index in [9.17, 15) is 4.79 Å². The first-order chi connectivity index (χ1) is 11.8. The topological polar surface area (TPSA) is 67.1 Å². The minimum Gasteiger partial charge on any atom is -0.492 e. The van der Waals surface area contributed by atoms with Gasteiger partial charge in [-0.2, -0.15) is 0 Å². The van der Waals surface area contributed by atoms with Crippen LogP contribution in [0.25, 0.3) is 11.0 Å². The summed E-state index contributed by atoms with van der Waals surface area (Å²) in [5, 5.41) is 0.709. The highest BCUT2D eigenvalue weighted by Crippen LogP contribution is 2.48. The van der Waals surface area contributed by atoms with E-state index in [0.29, 0.717) is 22.5 Å². The normalized spacial score (nSPS) is 22.1. The average Bonchev–Trinajstić information content (AvgIpc) is 2.88. The van der Waals surface area contributed by atoms with E-state index in [1.165, 1.54) is 20.3 Å². The molecule has 2 heterocycles. The fourth-order valence-corrected chi connectivity index (χ4v) is 3.14. The van der Waals surface area contributed by atoms with Gasteiger partial charge in [-0.1, -0.05) is 6.58 Å². The largest absolute Gasteiger partial charge is 0.492 e. The summed E-state index contributed by atoms with van der Waals surface area (Å²) in [6.45, 7) is 9.62. The van der Waals surface area contributed by atoms with Crippen LogP contribution in [0.5, 0.6) is 11.5 Å². The predicted molar refractivity (Wildman–Crippen MR) is 93.2 cm³/mol. The lowest BCUT2D eigenvalue weighted by atomic mass is 9.97. The zero-order valence-electron chi connectivity index (χ0n) is 15.0. The molecule has 1 aromatic carbocycles. The van der Waals surface area contributed by atoms with Gasteiger partial charge in [-0.25, -0.2) is 4.79 Å². The van der Waals surface area contributed by atoms with Crippen molar-refractivity contribution in [1.29, 1.82) is 0 Å². The molecule has 0 bridgehead atoms. The van der Waals surface area contributed by atoms with Gasteiger partial charge in [0.25, 0.3) is 0 Å². The Morgan fingerprint density at radius 2 is 1.84 bits per heavy atom. The molecule has 134 valence electrons. The highest BCUT2D eigenvalue weighted by Gasteiger charge is 2.44. The Kier molecular flexibility index (Phi) is 4.34. The van der Waals surface area contributed by atoms with Crippen LogP contribution in [-0.4, -0.2) is 26.1 Å². The summed E-state index contributed by atoms with van der Waals surface area (Å²) in [6.07, 6.45) is -0.755. The molecular weight excluding hydrogens is 324 g/mol. The molecule has 6 nitrogen and oxygen atoms in total. The van der Waals surface area contributed by atoms with E-state index >= 15 is 0 Å². The molecular formula is C19H22O6. The van der Waals surface area contributed by atoms with E-state index in [4.69, 9.17) is 23.4 Å². The van der Waals surface area contributed by atoms with E-state index in [-0.39, 0.29) is 6.10 Å². The van der Waals surface area contributed by atoms with Gasteiger partial charge in [0.1, 0.15) is 12.2 Å². The van der Waals surface area contributed by atoms with Crippen molar-refractivity contribution in [3.63, 3.8) is 0 Å². The van der Waals surface area contributed by atoms with Crippen LogP contribution in [0.4, 0.5) is 0 Å². The minimum atomic E-state index is -0.759. The van der Waals surface area contributed by atoms with Gasteiger partial charge >= 0.3 is 5.63 Å². The molecule has 2 aromatic rings. The molecule has 2 atom stereocenters. The molecule has 3 rings (SSSR count). The SMILES string of the molecule is C=C(C)[C@H]1OC(C)(C)O[C@@H]1c1cc2ccc(=O)oc2c(OC)c1OC. The van der Waals surface area contributed by atoms with Crippen molar-refractivity contribution in [3.05, 3.63) is 46.3 Å². The first-order valence-electron chi connectivity index (χ1n) is 7.97. The monoisotopic (exact) mass is 346 g/mol. The van der Waals surface area contributed by atoms with Crippen LogP contribution in [0.1, 0.15) is 32.4 Å². The van der Waals surface area contributed by atoms with Crippen molar-refractivity contribution in [1.82, 2.24) is 0 Å². The molecule has 0 N–H and O–H groups in total. The highest BCUT2D eigenvalue weighted by atomic mass is 16.8. The van der Waals surface area contributed by atoms with Crippen molar-refractivity contribution < 1.29 is 23.4 Å². The van der Waals surface area contributed by atoms with Crippen molar-refractivity contribution in [2.45, 2.75) is 38.8 Å². The molecule has 1 aliphatic heterocycles. The fraction of sp³-hybridized carbons (Fsp3) is 0.421. The number of fused-ring (bicyclic) bond motifs is 1. The van der Waals surface area contributed by atoms with Crippen LogP contribution in [0.3, 0.4) is 0 Å². The van der Waals surface area contributed by atoms with Crippen LogP contribution in [0.2, 0.25) is 0 Å². The minimum absolute atomic E-state index is 0.332. The Bertz CT molecular complexity index is 879. The molecule has 1 aromatic heterocycles. The van der Waals surface area contributed by atoms with Crippen LogP contribution in [-0.2, 0) is 9.47 Å². The Balaban J connectivity index is 2.26. The summed E-state index contributed by atoms with van der Waals surface area (Å²) in [5.74, 6) is 0.0356. The third-order valence-corrected chi connectivity index (χ3v) is 4.15. The molecule has 1 saturated heterocycles. The van der Waals surface area contributed by atoms with E-state index < -0.39 is 17.5 Å².